The summed E-state index contributed by atoms with van der Waals surface area (Å²) < 4.78 is 2.15. The summed E-state index contributed by atoms with van der Waals surface area (Å²) in [6, 6.07) is 23.3. The highest BCUT2D eigenvalue weighted by molar-refractivity contribution is 5.97. The number of aromatic nitrogens is 2. The van der Waals surface area contributed by atoms with Gasteiger partial charge in [-0.05, 0) is 53.1 Å². The summed E-state index contributed by atoms with van der Waals surface area (Å²) in [5, 5.41) is 9.30. The molecule has 1 aliphatic carbocycles. The maximum Gasteiger partial charge on any atom is 0.165 e. The van der Waals surface area contributed by atoms with Crippen LogP contribution in [0.5, 0.6) is 0 Å². The van der Waals surface area contributed by atoms with E-state index in [1.54, 1.807) is 0 Å². The van der Waals surface area contributed by atoms with E-state index in [-0.39, 0.29) is 11.7 Å². The zero-order valence-corrected chi connectivity index (χ0v) is 19.4. The van der Waals surface area contributed by atoms with Gasteiger partial charge in [0.2, 0.25) is 0 Å². The molecule has 5 rings (SSSR count). The van der Waals surface area contributed by atoms with Crippen molar-refractivity contribution in [3.8, 4) is 11.1 Å². The first-order valence-electron chi connectivity index (χ1n) is 12.0. The molecule has 0 amide bonds. The van der Waals surface area contributed by atoms with Crippen LogP contribution >= 0.6 is 0 Å². The number of fused-ring (bicyclic) bond motifs is 1. The van der Waals surface area contributed by atoms with Gasteiger partial charge in [0.15, 0.2) is 5.78 Å². The predicted octanol–water partition coefficient (Wildman–Crippen LogP) is 6.24. The van der Waals surface area contributed by atoms with Gasteiger partial charge in [-0.15, -0.1) is 0 Å². The number of rotatable bonds is 9. The number of carbonyl (C=O) groups is 1. The lowest BCUT2D eigenvalue weighted by Crippen LogP contribution is -2.13. The molecule has 4 aromatic rings. The lowest BCUT2D eigenvalue weighted by Gasteiger charge is -2.09. The molecule has 0 unspecified atom stereocenters. The van der Waals surface area contributed by atoms with Crippen molar-refractivity contribution in [1.29, 1.82) is 0 Å². The Labute approximate surface area is 195 Å². The molecule has 1 heterocycles. The number of benzene rings is 3. The Morgan fingerprint density at radius 3 is 2.21 bits per heavy atom. The molecule has 3 aromatic carbocycles. The van der Waals surface area contributed by atoms with Crippen molar-refractivity contribution in [3.05, 3.63) is 89.6 Å². The van der Waals surface area contributed by atoms with Gasteiger partial charge in [-0.1, -0.05) is 68.4 Å². The zero-order valence-electron chi connectivity index (χ0n) is 19.4. The minimum Gasteiger partial charge on any atom is -0.309 e. The number of hydrogen-bond donors (Lipinski definition) is 1. The molecule has 1 fully saturated rings. The fourth-order valence-electron chi connectivity index (χ4n) is 4.24. The summed E-state index contributed by atoms with van der Waals surface area (Å²) in [7, 11) is 0. The fourth-order valence-corrected chi connectivity index (χ4v) is 4.24. The summed E-state index contributed by atoms with van der Waals surface area (Å²) in [5.41, 5.74) is 6.90. The van der Waals surface area contributed by atoms with E-state index in [2.05, 4.69) is 57.6 Å². The van der Waals surface area contributed by atoms with Crippen molar-refractivity contribution in [3.63, 3.8) is 0 Å². The smallest absolute Gasteiger partial charge is 0.165 e. The fraction of sp³-hybridized carbons (Fsp3) is 0.310. The van der Waals surface area contributed by atoms with Crippen molar-refractivity contribution in [2.75, 3.05) is 0 Å². The molecule has 1 N–H and O–H groups in total. The van der Waals surface area contributed by atoms with Crippen LogP contribution in [0, 0.1) is 11.8 Å². The monoisotopic (exact) mass is 437 g/mol. The molecule has 4 nitrogen and oxygen atoms in total. The summed E-state index contributed by atoms with van der Waals surface area (Å²) in [5.74, 6) is 1.05. The van der Waals surface area contributed by atoms with Crippen LogP contribution in [0.4, 0.5) is 0 Å². The standard InChI is InChI=1S/C29H31N3O/c1-20(2)29(33)25-11-7-22(8-12-25)17-30-16-21-5-9-24(10-6-21)26-13-14-28-27(15-26)18-31-32(28)19-23-3-4-23/h5-15,18,20,23,30H,3-4,16-17,19H2,1-2H3. The van der Waals surface area contributed by atoms with Crippen LogP contribution in [0.2, 0.25) is 0 Å². The average Bonchev–Trinajstić information content (AvgIpc) is 3.57. The Morgan fingerprint density at radius 2 is 1.58 bits per heavy atom. The van der Waals surface area contributed by atoms with Gasteiger partial charge in [0.1, 0.15) is 0 Å². The van der Waals surface area contributed by atoms with Gasteiger partial charge in [0.05, 0.1) is 11.7 Å². The van der Waals surface area contributed by atoms with Crippen LogP contribution < -0.4 is 5.32 Å². The van der Waals surface area contributed by atoms with Crippen LogP contribution in [-0.4, -0.2) is 15.6 Å². The molecule has 0 saturated heterocycles. The van der Waals surface area contributed by atoms with E-state index in [0.717, 1.165) is 31.1 Å². The quantitative estimate of drug-likeness (QED) is 0.315. The first kappa shape index (κ1) is 21.6. The third-order valence-electron chi connectivity index (χ3n) is 6.48. The SMILES string of the molecule is CC(C)C(=O)c1ccc(CNCc2ccc(-c3ccc4c(cnn4CC4CC4)c3)cc2)cc1. The number of Topliss-reactive ketones (excluding diaryl/α,β-unsaturated/α-hetero) is 1. The van der Waals surface area contributed by atoms with Crippen molar-refractivity contribution >= 4 is 16.7 Å². The second kappa shape index (κ2) is 9.32. The molecule has 33 heavy (non-hydrogen) atoms. The molecule has 4 heteroatoms. The van der Waals surface area contributed by atoms with Crippen LogP contribution in [-0.2, 0) is 19.6 Å². The lowest BCUT2D eigenvalue weighted by molar-refractivity contribution is 0.0939. The van der Waals surface area contributed by atoms with Crippen LogP contribution in [0.25, 0.3) is 22.0 Å². The van der Waals surface area contributed by atoms with Crippen molar-refractivity contribution in [1.82, 2.24) is 15.1 Å². The number of ketones is 1. The second-order valence-corrected chi connectivity index (χ2v) is 9.56. The topological polar surface area (TPSA) is 46.9 Å². The Hall–Kier alpha value is -3.24. The van der Waals surface area contributed by atoms with E-state index >= 15 is 0 Å². The van der Waals surface area contributed by atoms with Gasteiger partial charge in [-0.25, -0.2) is 0 Å². The highest BCUT2D eigenvalue weighted by atomic mass is 16.1. The normalized spacial score (nSPS) is 13.7. The molecular weight excluding hydrogens is 406 g/mol. The van der Waals surface area contributed by atoms with Gasteiger partial charge in [-0.2, -0.15) is 5.10 Å². The average molecular weight is 438 g/mol. The third kappa shape index (κ3) is 5.07. The number of carbonyl (C=O) groups excluding carboxylic acids is 1. The third-order valence-corrected chi connectivity index (χ3v) is 6.48. The Balaban J connectivity index is 1.18. The number of hydrogen-bond acceptors (Lipinski definition) is 3. The van der Waals surface area contributed by atoms with E-state index in [1.165, 1.54) is 46.0 Å². The largest absolute Gasteiger partial charge is 0.309 e. The van der Waals surface area contributed by atoms with E-state index in [0.29, 0.717) is 0 Å². The number of nitrogens with zero attached hydrogens (tertiary/aromatic N) is 2. The second-order valence-electron chi connectivity index (χ2n) is 9.56. The van der Waals surface area contributed by atoms with E-state index in [9.17, 15) is 4.79 Å². The first-order valence-corrected chi connectivity index (χ1v) is 12.0. The molecule has 0 atom stereocenters. The summed E-state index contributed by atoms with van der Waals surface area (Å²) in [6.45, 7) is 6.50. The highest BCUT2D eigenvalue weighted by Crippen LogP contribution is 2.32. The Bertz CT molecular complexity index is 1250. The van der Waals surface area contributed by atoms with Crippen molar-refractivity contribution in [2.24, 2.45) is 11.8 Å². The molecule has 0 aliphatic heterocycles. The summed E-state index contributed by atoms with van der Waals surface area (Å²) in [4.78, 5) is 12.1. The summed E-state index contributed by atoms with van der Waals surface area (Å²) >= 11 is 0. The van der Waals surface area contributed by atoms with Crippen LogP contribution in [0.1, 0.15) is 48.2 Å². The predicted molar refractivity (Wildman–Crippen MR) is 134 cm³/mol. The molecule has 0 radical (unpaired) electrons. The van der Waals surface area contributed by atoms with Gasteiger partial charge in [0.25, 0.3) is 0 Å². The van der Waals surface area contributed by atoms with Crippen molar-refractivity contribution < 1.29 is 4.79 Å². The van der Waals surface area contributed by atoms with Crippen molar-refractivity contribution in [2.45, 2.75) is 46.3 Å². The molecule has 0 bridgehead atoms. The Kier molecular flexibility index (Phi) is 6.10. The molecule has 1 saturated carbocycles. The summed E-state index contributed by atoms with van der Waals surface area (Å²) in [6.07, 6.45) is 4.67. The Morgan fingerprint density at radius 1 is 0.939 bits per heavy atom. The van der Waals surface area contributed by atoms with Gasteiger partial charge in [0, 0.05) is 36.5 Å². The number of nitrogens with one attached hydrogen (secondary N) is 1. The van der Waals surface area contributed by atoms with Crippen LogP contribution in [0.3, 0.4) is 0 Å². The molecule has 0 spiro atoms. The minimum absolute atomic E-state index is 0.0314. The molecule has 1 aliphatic rings. The maximum atomic E-state index is 12.1. The highest BCUT2D eigenvalue weighted by Gasteiger charge is 2.22. The lowest BCUT2D eigenvalue weighted by atomic mass is 10.00. The first-order chi connectivity index (χ1) is 16.1. The van der Waals surface area contributed by atoms with Gasteiger partial charge >= 0.3 is 0 Å². The van der Waals surface area contributed by atoms with Gasteiger partial charge < -0.3 is 5.32 Å². The molecule has 1 aromatic heterocycles. The van der Waals surface area contributed by atoms with Crippen LogP contribution in [0.15, 0.2) is 72.9 Å². The minimum atomic E-state index is 0.0314. The van der Waals surface area contributed by atoms with E-state index in [1.807, 2.05) is 44.3 Å². The zero-order chi connectivity index (χ0) is 22.8. The maximum absolute atomic E-state index is 12.1. The molecule has 168 valence electrons. The van der Waals surface area contributed by atoms with Gasteiger partial charge in [-0.3, -0.25) is 9.48 Å². The van der Waals surface area contributed by atoms with E-state index < -0.39 is 0 Å². The molecular formula is C29H31N3O. The van der Waals surface area contributed by atoms with E-state index in [4.69, 9.17) is 0 Å².